The van der Waals surface area contributed by atoms with Gasteiger partial charge in [-0.15, -0.1) is 0 Å². The molecule has 4 nitrogen and oxygen atoms in total. The van der Waals surface area contributed by atoms with Crippen molar-refractivity contribution in [2.75, 3.05) is 7.11 Å². The highest BCUT2D eigenvalue weighted by Crippen LogP contribution is 2.51. The number of nitrogens with zero attached hydrogens (tertiary/aromatic N) is 3. The highest BCUT2D eigenvalue weighted by atomic mass is 16.5. The minimum absolute atomic E-state index is 0.0275. The third-order valence-electron chi connectivity index (χ3n) is 4.56. The number of methoxy groups -OCH3 is 1. The Bertz CT molecular complexity index is 756. The van der Waals surface area contributed by atoms with Gasteiger partial charge in [-0.1, -0.05) is 24.6 Å². The molecule has 2 heterocycles. The summed E-state index contributed by atoms with van der Waals surface area (Å²) >= 11 is 0. The minimum atomic E-state index is -0.0275. The summed E-state index contributed by atoms with van der Waals surface area (Å²) in [5.41, 5.74) is 3.20. The zero-order valence-electron chi connectivity index (χ0n) is 12.0. The van der Waals surface area contributed by atoms with Crippen molar-refractivity contribution < 1.29 is 4.74 Å². The molecule has 0 unspecified atom stereocenters. The van der Waals surface area contributed by atoms with Gasteiger partial charge in [-0.25, -0.2) is 9.50 Å². The van der Waals surface area contributed by atoms with Gasteiger partial charge in [-0.05, 0) is 25.0 Å². The van der Waals surface area contributed by atoms with Gasteiger partial charge >= 0.3 is 0 Å². The molecule has 0 spiro atoms. The van der Waals surface area contributed by atoms with Crippen LogP contribution in [0, 0.1) is 0 Å². The van der Waals surface area contributed by atoms with Gasteiger partial charge in [0.05, 0.1) is 12.8 Å². The molecule has 0 aliphatic heterocycles. The van der Waals surface area contributed by atoms with Gasteiger partial charge in [0.25, 0.3) is 0 Å². The minimum Gasteiger partial charge on any atom is -0.496 e. The Hall–Kier alpha value is -2.36. The van der Waals surface area contributed by atoms with Crippen LogP contribution in [0.1, 0.15) is 30.5 Å². The molecule has 0 radical (unpaired) electrons. The number of aromatic nitrogens is 3. The van der Waals surface area contributed by atoms with E-state index in [1.807, 2.05) is 28.9 Å². The Morgan fingerprint density at radius 1 is 1.19 bits per heavy atom. The second-order valence-electron chi connectivity index (χ2n) is 5.59. The summed E-state index contributed by atoms with van der Waals surface area (Å²) in [7, 11) is 1.73. The van der Waals surface area contributed by atoms with Crippen molar-refractivity contribution in [1.82, 2.24) is 14.6 Å². The van der Waals surface area contributed by atoms with Crippen molar-refractivity contribution in [3.63, 3.8) is 0 Å². The first kappa shape index (κ1) is 12.4. The summed E-state index contributed by atoms with van der Waals surface area (Å²) in [4.78, 5) is 4.38. The van der Waals surface area contributed by atoms with E-state index in [0.717, 1.165) is 29.9 Å². The van der Waals surface area contributed by atoms with Gasteiger partial charge in [0.2, 0.25) is 0 Å². The molecule has 3 aromatic rings. The molecule has 1 aromatic carbocycles. The maximum absolute atomic E-state index is 5.57. The van der Waals surface area contributed by atoms with E-state index in [9.17, 15) is 0 Å². The molecule has 2 aromatic heterocycles. The Kier molecular flexibility index (Phi) is 2.70. The summed E-state index contributed by atoms with van der Waals surface area (Å²) in [6, 6.07) is 12.3. The highest BCUT2D eigenvalue weighted by Gasteiger charge is 2.44. The first-order valence-electron chi connectivity index (χ1n) is 7.28. The molecule has 1 saturated carbocycles. The third-order valence-corrected chi connectivity index (χ3v) is 4.56. The van der Waals surface area contributed by atoms with Crippen molar-refractivity contribution in [2.24, 2.45) is 0 Å². The SMILES string of the molecule is COc1ccccc1C1(c2cc3ncccn3n2)CCC1. The highest BCUT2D eigenvalue weighted by molar-refractivity contribution is 5.50. The van der Waals surface area contributed by atoms with Gasteiger partial charge < -0.3 is 4.74 Å². The molecular weight excluding hydrogens is 262 g/mol. The lowest BCUT2D eigenvalue weighted by Gasteiger charge is -2.41. The average molecular weight is 279 g/mol. The van der Waals surface area contributed by atoms with Crippen molar-refractivity contribution in [3.05, 3.63) is 60.0 Å². The van der Waals surface area contributed by atoms with Gasteiger partial charge in [0.15, 0.2) is 5.65 Å². The Morgan fingerprint density at radius 2 is 2.05 bits per heavy atom. The number of ether oxygens (including phenoxy) is 1. The lowest BCUT2D eigenvalue weighted by atomic mass is 9.62. The Labute approximate surface area is 123 Å². The fourth-order valence-corrected chi connectivity index (χ4v) is 3.30. The van der Waals surface area contributed by atoms with Crippen LogP contribution in [-0.4, -0.2) is 21.7 Å². The molecule has 0 saturated heterocycles. The van der Waals surface area contributed by atoms with E-state index in [0.29, 0.717) is 0 Å². The van der Waals surface area contributed by atoms with Crippen molar-refractivity contribution >= 4 is 5.65 Å². The summed E-state index contributed by atoms with van der Waals surface area (Å²) in [5.74, 6) is 0.946. The van der Waals surface area contributed by atoms with E-state index < -0.39 is 0 Å². The largest absolute Gasteiger partial charge is 0.496 e. The number of hydrogen-bond acceptors (Lipinski definition) is 3. The van der Waals surface area contributed by atoms with E-state index >= 15 is 0 Å². The normalized spacial score (nSPS) is 16.6. The van der Waals surface area contributed by atoms with Crippen LogP contribution in [-0.2, 0) is 5.41 Å². The van der Waals surface area contributed by atoms with Crippen LogP contribution in [0.2, 0.25) is 0 Å². The molecule has 4 rings (SSSR count). The van der Waals surface area contributed by atoms with Gasteiger partial charge in [0, 0.05) is 29.4 Å². The van der Waals surface area contributed by atoms with Crippen LogP contribution in [0.5, 0.6) is 5.75 Å². The van der Waals surface area contributed by atoms with Crippen LogP contribution in [0.25, 0.3) is 5.65 Å². The number of fused-ring (bicyclic) bond motifs is 1. The zero-order valence-corrected chi connectivity index (χ0v) is 12.0. The lowest BCUT2D eigenvalue weighted by Crippen LogP contribution is -2.36. The molecule has 0 amide bonds. The second-order valence-corrected chi connectivity index (χ2v) is 5.59. The van der Waals surface area contributed by atoms with E-state index in [1.54, 1.807) is 13.3 Å². The molecule has 1 aliphatic carbocycles. The Morgan fingerprint density at radius 3 is 2.76 bits per heavy atom. The number of para-hydroxylation sites is 1. The van der Waals surface area contributed by atoms with Crippen molar-refractivity contribution in [1.29, 1.82) is 0 Å². The third kappa shape index (κ3) is 1.75. The molecule has 0 N–H and O–H groups in total. The molecule has 1 fully saturated rings. The van der Waals surface area contributed by atoms with Crippen LogP contribution in [0.15, 0.2) is 48.8 Å². The first-order chi connectivity index (χ1) is 10.3. The number of hydrogen-bond donors (Lipinski definition) is 0. The van der Waals surface area contributed by atoms with Crippen LogP contribution in [0.4, 0.5) is 0 Å². The Balaban J connectivity index is 1.90. The predicted octanol–water partition coefficient (Wildman–Crippen LogP) is 3.21. The molecule has 21 heavy (non-hydrogen) atoms. The fraction of sp³-hybridized carbons (Fsp3) is 0.294. The van der Waals surface area contributed by atoms with E-state index in [4.69, 9.17) is 9.84 Å². The van der Waals surface area contributed by atoms with Gasteiger partial charge in [-0.3, -0.25) is 0 Å². The zero-order chi connectivity index (χ0) is 14.3. The smallest absolute Gasteiger partial charge is 0.155 e. The molecule has 1 aliphatic rings. The number of rotatable bonds is 3. The van der Waals surface area contributed by atoms with E-state index in [1.165, 1.54) is 12.0 Å². The van der Waals surface area contributed by atoms with Crippen molar-refractivity contribution in [3.8, 4) is 5.75 Å². The summed E-state index contributed by atoms with van der Waals surface area (Å²) in [6.07, 6.45) is 7.19. The summed E-state index contributed by atoms with van der Waals surface area (Å²) < 4.78 is 7.42. The number of benzene rings is 1. The maximum Gasteiger partial charge on any atom is 0.155 e. The van der Waals surface area contributed by atoms with Gasteiger partial charge in [-0.2, -0.15) is 5.10 Å². The average Bonchev–Trinajstić information content (AvgIpc) is 2.90. The van der Waals surface area contributed by atoms with Gasteiger partial charge in [0.1, 0.15) is 5.75 Å². The van der Waals surface area contributed by atoms with E-state index in [2.05, 4.69) is 23.2 Å². The second kappa shape index (κ2) is 4.58. The van der Waals surface area contributed by atoms with E-state index in [-0.39, 0.29) is 5.41 Å². The molecule has 0 atom stereocenters. The quantitative estimate of drug-likeness (QED) is 0.739. The van der Waals surface area contributed by atoms with Crippen LogP contribution >= 0.6 is 0 Å². The molecule has 106 valence electrons. The monoisotopic (exact) mass is 279 g/mol. The standard InChI is InChI=1S/C17H17N3O/c1-21-14-7-3-2-6-13(14)17(8-4-9-17)15-12-16-18-10-5-11-20(16)19-15/h2-3,5-7,10-12H,4,8-9H2,1H3. The maximum atomic E-state index is 5.57. The topological polar surface area (TPSA) is 39.4 Å². The molecule has 0 bridgehead atoms. The van der Waals surface area contributed by atoms with Crippen LogP contribution in [0.3, 0.4) is 0 Å². The first-order valence-corrected chi connectivity index (χ1v) is 7.28. The lowest BCUT2D eigenvalue weighted by molar-refractivity contribution is 0.280. The summed E-state index contributed by atoms with van der Waals surface area (Å²) in [6.45, 7) is 0. The predicted molar refractivity (Wildman–Crippen MR) is 80.6 cm³/mol. The molecule has 4 heteroatoms. The molecular formula is C17H17N3O. The fourth-order valence-electron chi connectivity index (χ4n) is 3.30. The summed E-state index contributed by atoms with van der Waals surface area (Å²) in [5, 5.41) is 4.76. The van der Waals surface area contributed by atoms with Crippen molar-refractivity contribution in [2.45, 2.75) is 24.7 Å². The van der Waals surface area contributed by atoms with Crippen LogP contribution < -0.4 is 4.74 Å².